The largest absolute Gasteiger partial charge is 0.347 e. The van der Waals surface area contributed by atoms with Crippen LogP contribution in [-0.2, 0) is 13.1 Å². The Morgan fingerprint density at radius 2 is 1.90 bits per heavy atom. The molecule has 0 aliphatic heterocycles. The summed E-state index contributed by atoms with van der Waals surface area (Å²) >= 11 is 7.73. The van der Waals surface area contributed by atoms with Gasteiger partial charge in [-0.1, -0.05) is 48.0 Å². The second-order valence-electron chi connectivity index (χ2n) is 6.45. The van der Waals surface area contributed by atoms with Gasteiger partial charge in [0.05, 0.1) is 11.4 Å². The van der Waals surface area contributed by atoms with Crippen molar-refractivity contribution in [2.45, 2.75) is 13.1 Å². The molecule has 0 saturated carbocycles. The summed E-state index contributed by atoms with van der Waals surface area (Å²) in [6.45, 7) is 0.676. The van der Waals surface area contributed by atoms with Gasteiger partial charge in [-0.15, -0.1) is 11.3 Å². The van der Waals surface area contributed by atoms with E-state index < -0.39 is 0 Å². The first-order valence-corrected chi connectivity index (χ1v) is 10.2. The number of benzene rings is 2. The number of carbonyl (C=O) groups is 1. The maximum Gasteiger partial charge on any atom is 0.269 e. The summed E-state index contributed by atoms with van der Waals surface area (Å²) < 4.78 is 14.9. The van der Waals surface area contributed by atoms with E-state index in [1.165, 1.54) is 12.1 Å². The minimum atomic E-state index is -0.300. The van der Waals surface area contributed by atoms with Gasteiger partial charge < -0.3 is 5.32 Å². The molecule has 0 aliphatic carbocycles. The summed E-state index contributed by atoms with van der Waals surface area (Å²) in [6, 6.07) is 19.2. The molecule has 0 aliphatic rings. The quantitative estimate of drug-likeness (QED) is 0.450. The highest BCUT2D eigenvalue weighted by atomic mass is 35.5. The summed E-state index contributed by atoms with van der Waals surface area (Å²) in [7, 11) is 0. The van der Waals surface area contributed by atoms with Crippen molar-refractivity contribution in [3.8, 4) is 10.6 Å². The molecule has 29 heavy (non-hydrogen) atoms. The lowest BCUT2D eigenvalue weighted by atomic mass is 10.2. The fraction of sp³-hybridized carbons (Fsp3) is 0.0909. The third-order valence-electron chi connectivity index (χ3n) is 4.43. The number of amides is 1. The van der Waals surface area contributed by atoms with Crippen molar-refractivity contribution < 1.29 is 9.18 Å². The summed E-state index contributed by atoms with van der Waals surface area (Å²) in [4.78, 5) is 13.9. The minimum absolute atomic E-state index is 0.248. The molecule has 1 N–H and O–H groups in total. The molecule has 4 aromatic rings. The number of nitrogens with zero attached hydrogens (tertiary/aromatic N) is 2. The predicted molar refractivity (Wildman–Crippen MR) is 114 cm³/mol. The van der Waals surface area contributed by atoms with E-state index in [-0.39, 0.29) is 11.7 Å². The Kier molecular flexibility index (Phi) is 5.74. The number of rotatable bonds is 6. The molecule has 146 valence electrons. The van der Waals surface area contributed by atoms with E-state index in [4.69, 9.17) is 11.6 Å². The SMILES string of the molecule is O=C(NCc1ccccc1Cl)c1cc(-c2cccs2)nn1Cc1ccc(F)cc1. The maximum absolute atomic E-state index is 13.2. The second kappa shape index (κ2) is 8.59. The standard InChI is InChI=1S/C22H17ClFN3OS/c23-18-5-2-1-4-16(18)13-25-22(28)20-12-19(21-6-3-11-29-21)26-27(20)14-15-7-9-17(24)10-8-15/h1-12H,13-14H2,(H,25,28). The summed E-state index contributed by atoms with van der Waals surface area (Å²) in [5.41, 5.74) is 2.85. The number of halogens is 2. The van der Waals surface area contributed by atoms with Crippen molar-refractivity contribution in [3.05, 3.63) is 99.8 Å². The van der Waals surface area contributed by atoms with Crippen LogP contribution in [0, 0.1) is 5.82 Å². The normalized spacial score (nSPS) is 10.8. The van der Waals surface area contributed by atoms with Crippen LogP contribution in [-0.4, -0.2) is 15.7 Å². The highest BCUT2D eigenvalue weighted by Crippen LogP contribution is 2.25. The van der Waals surface area contributed by atoms with Crippen LogP contribution in [0.25, 0.3) is 10.6 Å². The van der Waals surface area contributed by atoms with Crippen molar-refractivity contribution in [1.29, 1.82) is 0 Å². The Morgan fingerprint density at radius 3 is 2.62 bits per heavy atom. The van der Waals surface area contributed by atoms with Crippen molar-refractivity contribution in [2.24, 2.45) is 0 Å². The second-order valence-corrected chi connectivity index (χ2v) is 7.81. The van der Waals surface area contributed by atoms with Gasteiger partial charge in [-0.2, -0.15) is 5.10 Å². The molecule has 0 saturated heterocycles. The molecule has 0 radical (unpaired) electrons. The lowest BCUT2D eigenvalue weighted by molar-refractivity contribution is 0.0940. The first kappa shape index (κ1) is 19.4. The van der Waals surface area contributed by atoms with Gasteiger partial charge in [0.1, 0.15) is 17.2 Å². The fourth-order valence-electron chi connectivity index (χ4n) is 2.94. The Balaban J connectivity index is 1.60. The predicted octanol–water partition coefficient (Wildman–Crippen LogP) is 5.38. The van der Waals surface area contributed by atoms with E-state index in [0.29, 0.717) is 23.8 Å². The van der Waals surface area contributed by atoms with E-state index in [1.54, 1.807) is 40.3 Å². The maximum atomic E-state index is 13.2. The molecule has 0 atom stereocenters. The molecule has 1 amide bonds. The van der Waals surface area contributed by atoms with Crippen molar-refractivity contribution >= 4 is 28.8 Å². The van der Waals surface area contributed by atoms with Crippen LogP contribution in [0.15, 0.2) is 72.1 Å². The minimum Gasteiger partial charge on any atom is -0.347 e. The zero-order chi connectivity index (χ0) is 20.2. The van der Waals surface area contributed by atoms with E-state index in [1.807, 2.05) is 35.7 Å². The summed E-state index contributed by atoms with van der Waals surface area (Å²) in [6.07, 6.45) is 0. The average molecular weight is 426 g/mol. The van der Waals surface area contributed by atoms with Gasteiger partial charge in [0.25, 0.3) is 5.91 Å². The van der Waals surface area contributed by atoms with E-state index in [9.17, 15) is 9.18 Å². The number of hydrogen-bond acceptors (Lipinski definition) is 3. The molecule has 2 heterocycles. The molecule has 7 heteroatoms. The van der Waals surface area contributed by atoms with Gasteiger partial charge in [0.15, 0.2) is 0 Å². The van der Waals surface area contributed by atoms with Crippen LogP contribution in [0.1, 0.15) is 21.6 Å². The number of hydrogen-bond donors (Lipinski definition) is 1. The van der Waals surface area contributed by atoms with Gasteiger partial charge in [-0.05, 0) is 46.8 Å². The van der Waals surface area contributed by atoms with Gasteiger partial charge in [-0.25, -0.2) is 4.39 Å². The third kappa shape index (κ3) is 4.55. The van der Waals surface area contributed by atoms with Gasteiger partial charge in [0.2, 0.25) is 0 Å². The van der Waals surface area contributed by atoms with Crippen LogP contribution in [0.4, 0.5) is 4.39 Å². The molecule has 2 aromatic carbocycles. The summed E-state index contributed by atoms with van der Waals surface area (Å²) in [5.74, 6) is -0.548. The average Bonchev–Trinajstić information content (AvgIpc) is 3.39. The van der Waals surface area contributed by atoms with Crippen LogP contribution < -0.4 is 5.32 Å². The Morgan fingerprint density at radius 1 is 1.10 bits per heavy atom. The van der Waals surface area contributed by atoms with Gasteiger partial charge in [-0.3, -0.25) is 9.48 Å². The van der Waals surface area contributed by atoms with Gasteiger partial charge >= 0.3 is 0 Å². The van der Waals surface area contributed by atoms with Gasteiger partial charge in [0, 0.05) is 11.6 Å². The number of nitrogens with one attached hydrogen (secondary N) is 1. The van der Waals surface area contributed by atoms with Crippen LogP contribution in [0.2, 0.25) is 5.02 Å². The van der Waals surface area contributed by atoms with Crippen molar-refractivity contribution in [3.63, 3.8) is 0 Å². The smallest absolute Gasteiger partial charge is 0.269 e. The molecule has 2 aromatic heterocycles. The Hall–Kier alpha value is -2.96. The first-order valence-electron chi connectivity index (χ1n) is 8.98. The monoisotopic (exact) mass is 425 g/mol. The molecule has 0 unspecified atom stereocenters. The van der Waals surface area contributed by atoms with Crippen molar-refractivity contribution in [1.82, 2.24) is 15.1 Å². The zero-order valence-electron chi connectivity index (χ0n) is 15.3. The molecule has 0 bridgehead atoms. The van der Waals surface area contributed by atoms with Crippen molar-refractivity contribution in [2.75, 3.05) is 0 Å². The number of thiophene rings is 1. The van der Waals surface area contributed by atoms with Crippen LogP contribution in [0.3, 0.4) is 0 Å². The lowest BCUT2D eigenvalue weighted by Crippen LogP contribution is -2.26. The molecule has 4 rings (SSSR count). The number of aromatic nitrogens is 2. The lowest BCUT2D eigenvalue weighted by Gasteiger charge is -2.09. The zero-order valence-corrected chi connectivity index (χ0v) is 16.9. The molecular formula is C22H17ClFN3OS. The molecule has 0 fully saturated rings. The fourth-order valence-corrected chi connectivity index (χ4v) is 3.82. The topological polar surface area (TPSA) is 46.9 Å². The Bertz CT molecular complexity index is 1120. The first-order chi connectivity index (χ1) is 14.1. The van der Waals surface area contributed by atoms with E-state index >= 15 is 0 Å². The third-order valence-corrected chi connectivity index (χ3v) is 5.69. The summed E-state index contributed by atoms with van der Waals surface area (Å²) in [5, 5.41) is 10.1. The molecular weight excluding hydrogens is 409 g/mol. The molecule has 0 spiro atoms. The highest BCUT2D eigenvalue weighted by Gasteiger charge is 2.17. The Labute approximate surface area is 176 Å². The van der Waals surface area contributed by atoms with Crippen LogP contribution in [0.5, 0.6) is 0 Å². The number of carbonyl (C=O) groups excluding carboxylic acids is 1. The highest BCUT2D eigenvalue weighted by molar-refractivity contribution is 7.13. The van der Waals surface area contributed by atoms with Crippen LogP contribution >= 0.6 is 22.9 Å². The van der Waals surface area contributed by atoms with E-state index in [2.05, 4.69) is 10.4 Å². The van der Waals surface area contributed by atoms with E-state index in [0.717, 1.165) is 21.7 Å². The molecule has 4 nitrogen and oxygen atoms in total.